The molecule has 0 spiro atoms. The topological polar surface area (TPSA) is 3.24 Å². The van der Waals surface area contributed by atoms with Crippen molar-refractivity contribution in [3.63, 3.8) is 0 Å². The fourth-order valence-corrected chi connectivity index (χ4v) is 3.24. The van der Waals surface area contributed by atoms with E-state index in [0.29, 0.717) is 0 Å². The van der Waals surface area contributed by atoms with Crippen LogP contribution in [-0.2, 0) is 13.5 Å². The molecule has 1 aromatic rings. The van der Waals surface area contributed by atoms with Gasteiger partial charge in [-0.1, -0.05) is 0 Å². The van der Waals surface area contributed by atoms with Gasteiger partial charge in [0.25, 0.3) is 0 Å². The van der Waals surface area contributed by atoms with Gasteiger partial charge in [0.15, 0.2) is 0 Å². The zero-order valence-electron chi connectivity index (χ0n) is 9.78. The first-order valence-corrected chi connectivity index (χ1v) is 10.6. The van der Waals surface area contributed by atoms with Gasteiger partial charge in [0.05, 0.1) is 0 Å². The summed E-state index contributed by atoms with van der Waals surface area (Å²) in [5, 5.41) is 0. The Morgan fingerprint density at radius 3 is 2.25 bits per heavy atom. The molecule has 0 aliphatic heterocycles. The maximum atomic E-state index is 6.08. The Kier molecular flexibility index (Phi) is 5.96. The summed E-state index contributed by atoms with van der Waals surface area (Å²) in [4.78, 5) is 2.32. The van der Waals surface area contributed by atoms with E-state index in [1.807, 2.05) is 13.0 Å². The molecule has 0 aromatic heterocycles. The molecule has 0 amide bonds. The second-order valence-electron chi connectivity index (χ2n) is 3.39. The molecular formula is C12H17Cl2NRu. The summed E-state index contributed by atoms with van der Waals surface area (Å²) in [5.74, 6) is 0. The third-order valence-electron chi connectivity index (χ3n) is 2.57. The summed E-state index contributed by atoms with van der Waals surface area (Å²) >= 11 is -1.79. The second kappa shape index (κ2) is 6.74. The Balaban J connectivity index is 3.25. The molecule has 0 aliphatic rings. The molecule has 0 heterocycles. The van der Waals surface area contributed by atoms with E-state index in [0.717, 1.165) is 17.2 Å². The summed E-state index contributed by atoms with van der Waals surface area (Å²) in [5.41, 5.74) is 2.44. The third-order valence-corrected chi connectivity index (χ3v) is 6.40. The van der Waals surface area contributed by atoms with E-state index in [1.54, 1.807) is 0 Å². The van der Waals surface area contributed by atoms with Crippen LogP contribution in [0, 0.1) is 0 Å². The van der Waals surface area contributed by atoms with Crippen LogP contribution in [0.2, 0.25) is 0 Å². The number of nitrogens with zero attached hydrogens (tertiary/aromatic N) is 1. The zero-order valence-corrected chi connectivity index (χ0v) is 13.0. The van der Waals surface area contributed by atoms with Gasteiger partial charge in [0.2, 0.25) is 0 Å². The van der Waals surface area contributed by atoms with Crippen molar-refractivity contribution in [1.82, 2.24) is 0 Å². The van der Waals surface area contributed by atoms with E-state index in [-0.39, 0.29) is 0 Å². The van der Waals surface area contributed by atoms with Crippen molar-refractivity contribution in [1.29, 1.82) is 0 Å². The molecule has 92 valence electrons. The first-order chi connectivity index (χ1) is 7.61. The first-order valence-electron chi connectivity index (χ1n) is 5.29. The summed E-state index contributed by atoms with van der Waals surface area (Å²) < 4.78 is 1.15. The Morgan fingerprint density at radius 2 is 1.75 bits per heavy atom. The summed E-state index contributed by atoms with van der Waals surface area (Å²) in [7, 11) is 12.2. The van der Waals surface area contributed by atoms with Crippen molar-refractivity contribution in [2.45, 2.75) is 20.8 Å². The molecule has 0 radical (unpaired) electrons. The molecule has 0 saturated carbocycles. The van der Waals surface area contributed by atoms with E-state index in [1.165, 1.54) is 11.3 Å². The Hall–Kier alpha value is 0.0934. The van der Waals surface area contributed by atoms with Crippen molar-refractivity contribution in [2.24, 2.45) is 0 Å². The summed E-state index contributed by atoms with van der Waals surface area (Å²) in [6.45, 7) is 8.36. The molecule has 0 fully saturated rings. The van der Waals surface area contributed by atoms with Gasteiger partial charge in [-0.3, -0.25) is 0 Å². The molecule has 0 N–H and O–H groups in total. The molecule has 1 rings (SSSR count). The molecule has 0 bridgehead atoms. The number of halogens is 2. The van der Waals surface area contributed by atoms with E-state index in [9.17, 15) is 0 Å². The van der Waals surface area contributed by atoms with Gasteiger partial charge < -0.3 is 0 Å². The fourth-order valence-electron chi connectivity index (χ4n) is 1.67. The minimum atomic E-state index is -1.79. The molecule has 0 atom stereocenters. The number of benzene rings is 1. The monoisotopic (exact) mass is 347 g/mol. The van der Waals surface area contributed by atoms with Gasteiger partial charge in [-0.25, -0.2) is 0 Å². The van der Waals surface area contributed by atoms with Crippen LogP contribution in [0.25, 0.3) is 0 Å². The van der Waals surface area contributed by atoms with E-state index in [4.69, 9.17) is 19.4 Å². The number of para-hydroxylation sites is 1. The molecule has 0 aliphatic carbocycles. The predicted octanol–water partition coefficient (Wildman–Crippen LogP) is 4.00. The van der Waals surface area contributed by atoms with Crippen molar-refractivity contribution >= 4 is 29.2 Å². The molecule has 0 saturated heterocycles. The van der Waals surface area contributed by atoms with Crippen LogP contribution in [-0.4, -0.2) is 17.2 Å². The molecular weight excluding hydrogens is 330 g/mol. The normalized spacial score (nSPS) is 11.2. The fraction of sp³-hybridized carbons (Fsp3) is 0.417. The predicted molar refractivity (Wildman–Crippen MR) is 71.5 cm³/mol. The molecule has 0 unspecified atom stereocenters. The Labute approximate surface area is 111 Å². The van der Waals surface area contributed by atoms with Gasteiger partial charge in [0.1, 0.15) is 0 Å². The third kappa shape index (κ3) is 3.29. The van der Waals surface area contributed by atoms with E-state index < -0.39 is 13.5 Å². The molecule has 16 heavy (non-hydrogen) atoms. The Bertz CT molecular complexity index is 382. The first kappa shape index (κ1) is 14.2. The van der Waals surface area contributed by atoms with Crippen molar-refractivity contribution < 1.29 is 13.5 Å². The zero-order chi connectivity index (χ0) is 12.1. The van der Waals surface area contributed by atoms with Crippen LogP contribution >= 0.6 is 19.4 Å². The second-order valence-corrected chi connectivity index (χ2v) is 9.57. The van der Waals surface area contributed by atoms with Gasteiger partial charge in [0, 0.05) is 0 Å². The van der Waals surface area contributed by atoms with Gasteiger partial charge >= 0.3 is 111 Å². The minimum absolute atomic E-state index is 0.998. The van der Waals surface area contributed by atoms with Crippen LogP contribution in [0.1, 0.15) is 26.3 Å². The summed E-state index contributed by atoms with van der Waals surface area (Å²) in [6, 6.07) is 8.34. The van der Waals surface area contributed by atoms with Crippen LogP contribution in [0.5, 0.6) is 0 Å². The number of hydrogen-bond acceptors (Lipinski definition) is 1. The van der Waals surface area contributed by atoms with E-state index in [2.05, 4.69) is 36.9 Å². The van der Waals surface area contributed by atoms with Crippen molar-refractivity contribution in [3.05, 3.63) is 29.8 Å². The van der Waals surface area contributed by atoms with Crippen LogP contribution in [0.15, 0.2) is 24.3 Å². The van der Waals surface area contributed by atoms with E-state index >= 15 is 0 Å². The van der Waals surface area contributed by atoms with Crippen molar-refractivity contribution in [3.8, 4) is 0 Å². The Morgan fingerprint density at radius 1 is 1.19 bits per heavy atom. The summed E-state index contributed by atoms with van der Waals surface area (Å²) in [6.07, 6.45) is 0. The van der Waals surface area contributed by atoms with Gasteiger partial charge in [-0.2, -0.15) is 0 Å². The van der Waals surface area contributed by atoms with Crippen LogP contribution in [0.4, 0.5) is 5.69 Å². The maximum absolute atomic E-state index is 6.08. The molecule has 4 heteroatoms. The molecule has 1 aromatic carbocycles. The van der Waals surface area contributed by atoms with Crippen molar-refractivity contribution in [2.75, 3.05) is 18.0 Å². The molecule has 1 nitrogen and oxygen atoms in total. The van der Waals surface area contributed by atoms with Gasteiger partial charge in [-0.05, 0) is 0 Å². The number of rotatable bonds is 4. The average molecular weight is 347 g/mol. The number of anilines is 1. The van der Waals surface area contributed by atoms with Gasteiger partial charge in [-0.15, -0.1) is 0 Å². The SMILES string of the molecule is CCN(CC)c1ccccc1[C](C)=[Ru]([Cl])[Cl]. The standard InChI is InChI=1S/C12H17N.2ClH.Ru/c1-4-11-9-7-8-10-12(11)13(5-2)6-3;;;/h7-10H,5-6H2,1-3H3;2*1H;/q;;;+2/p-2. The quantitative estimate of drug-likeness (QED) is 0.745. The number of hydrogen-bond donors (Lipinski definition) is 0. The van der Waals surface area contributed by atoms with Crippen LogP contribution in [0.3, 0.4) is 0 Å². The average Bonchev–Trinajstić information content (AvgIpc) is 2.30. The van der Waals surface area contributed by atoms with Crippen LogP contribution < -0.4 is 4.90 Å².